The Morgan fingerprint density at radius 2 is 2.03 bits per heavy atom. The number of nitrogens with one attached hydrogen (secondary N) is 1. The van der Waals surface area contributed by atoms with Crippen LogP contribution in [0.5, 0.6) is 5.75 Å². The number of halogens is 2. The van der Waals surface area contributed by atoms with Gasteiger partial charge in [-0.05, 0) is 48.7 Å². The van der Waals surface area contributed by atoms with Gasteiger partial charge in [0.25, 0.3) is 5.91 Å². The van der Waals surface area contributed by atoms with E-state index >= 15 is 0 Å². The van der Waals surface area contributed by atoms with Crippen molar-refractivity contribution in [2.24, 2.45) is 11.7 Å². The number of fused-ring (bicyclic) bond motifs is 2. The number of piperidine rings is 1. The molecule has 3 aliphatic heterocycles. The highest BCUT2D eigenvalue weighted by atomic mass is 35.5. The third-order valence-electron chi connectivity index (χ3n) is 7.22. The number of H-pyrrole nitrogens is 1. The van der Waals surface area contributed by atoms with Crippen molar-refractivity contribution in [2.75, 3.05) is 19.6 Å². The van der Waals surface area contributed by atoms with E-state index < -0.39 is 5.82 Å². The number of carbonyl (C=O) groups is 1. The molecule has 3 N–H and O–H groups in total. The van der Waals surface area contributed by atoms with Crippen LogP contribution in [0, 0.1) is 11.7 Å². The summed E-state index contributed by atoms with van der Waals surface area (Å²) in [6, 6.07) is 5.12. The zero-order chi connectivity index (χ0) is 24.7. The van der Waals surface area contributed by atoms with Crippen LogP contribution in [-0.2, 0) is 0 Å². The monoisotopic (exact) mass is 500 g/mol. The lowest BCUT2D eigenvalue weighted by Gasteiger charge is -2.40. The van der Waals surface area contributed by atoms with Gasteiger partial charge in [0, 0.05) is 30.4 Å². The molecule has 1 amide bonds. The lowest BCUT2D eigenvalue weighted by molar-refractivity contribution is -0.386. The molecule has 2 saturated heterocycles. The van der Waals surface area contributed by atoms with Gasteiger partial charge < -0.3 is 15.4 Å². The number of nitrogens with zero attached hydrogens (tertiary/aromatic N) is 3. The molecule has 1 aromatic heterocycles. The van der Waals surface area contributed by atoms with Crippen LogP contribution in [0.4, 0.5) is 4.39 Å². The standard InChI is InChI=1S/C26H31ClFN5O2/c1-15(2)12-33-18-4-5-19(33)9-20(8-18)35-24-7-17(28)3-6-21(24)26(34)32-13-22(23(29)14-32)25-30-10-16(27)11-31-25/h3,6-7,10-11,15,18-20H,4-5,8-9,12-14,29H2,1-2H3/p+1/t18-,19+,20?. The minimum atomic E-state index is -0.420. The van der Waals surface area contributed by atoms with Gasteiger partial charge in [-0.3, -0.25) is 9.69 Å². The number of nitrogens with two attached hydrogens (primary N) is 1. The smallest absolute Gasteiger partial charge is 0.327 e. The SMILES string of the molecule is CC(C)CN1[C@@H]2CC[C@H]1CC(Oc1cc(F)ccc1C(=O)N1CC(N)=C(c3ncc(Cl)c[nH+]3)C1)C2. The van der Waals surface area contributed by atoms with E-state index in [-0.39, 0.29) is 18.6 Å². The van der Waals surface area contributed by atoms with Crippen molar-refractivity contribution in [1.29, 1.82) is 0 Å². The van der Waals surface area contributed by atoms with Crippen LogP contribution in [-0.4, -0.2) is 58.5 Å². The van der Waals surface area contributed by atoms with Crippen LogP contribution in [0.3, 0.4) is 0 Å². The zero-order valence-corrected chi connectivity index (χ0v) is 20.9. The Bertz CT molecular complexity index is 1130. The Balaban J connectivity index is 1.31. The maximum Gasteiger partial charge on any atom is 0.327 e. The number of hydrogen-bond donors (Lipinski definition) is 1. The summed E-state index contributed by atoms with van der Waals surface area (Å²) >= 11 is 5.92. The second-order valence-electron chi connectivity index (χ2n) is 10.3. The molecule has 1 aromatic carbocycles. The Morgan fingerprint density at radius 3 is 2.69 bits per heavy atom. The van der Waals surface area contributed by atoms with E-state index in [2.05, 4.69) is 28.7 Å². The van der Waals surface area contributed by atoms with Crippen molar-refractivity contribution in [1.82, 2.24) is 14.8 Å². The number of amides is 1. The molecule has 1 unspecified atom stereocenters. The highest BCUT2D eigenvalue weighted by molar-refractivity contribution is 6.30. The van der Waals surface area contributed by atoms with E-state index in [1.54, 1.807) is 11.1 Å². The van der Waals surface area contributed by atoms with Crippen molar-refractivity contribution in [3.05, 3.63) is 58.5 Å². The number of carbonyl (C=O) groups excluding carboxylic acids is 1. The molecule has 2 aromatic rings. The summed E-state index contributed by atoms with van der Waals surface area (Å²) < 4.78 is 20.6. The molecule has 35 heavy (non-hydrogen) atoms. The van der Waals surface area contributed by atoms with Crippen LogP contribution in [0.15, 0.2) is 36.3 Å². The van der Waals surface area contributed by atoms with Gasteiger partial charge >= 0.3 is 5.82 Å². The van der Waals surface area contributed by atoms with Gasteiger partial charge in [-0.25, -0.2) is 9.37 Å². The first-order chi connectivity index (χ1) is 16.8. The second kappa shape index (κ2) is 9.74. The minimum Gasteiger partial charge on any atom is -0.489 e. The molecule has 2 bridgehead atoms. The predicted octanol–water partition coefficient (Wildman–Crippen LogP) is 3.54. The van der Waals surface area contributed by atoms with Crippen molar-refractivity contribution in [3.8, 4) is 5.75 Å². The van der Waals surface area contributed by atoms with Gasteiger partial charge in [-0.1, -0.05) is 25.4 Å². The summed E-state index contributed by atoms with van der Waals surface area (Å²) in [6.45, 7) is 6.15. The zero-order valence-electron chi connectivity index (χ0n) is 20.1. The Kier molecular flexibility index (Phi) is 6.68. The Hall–Kier alpha value is -2.71. The summed E-state index contributed by atoms with van der Waals surface area (Å²) in [4.78, 5) is 25.0. The van der Waals surface area contributed by atoms with Crippen molar-refractivity contribution in [2.45, 2.75) is 57.7 Å². The molecular weight excluding hydrogens is 469 g/mol. The van der Waals surface area contributed by atoms with Gasteiger partial charge in [-0.2, -0.15) is 0 Å². The number of rotatable bonds is 6. The third-order valence-corrected chi connectivity index (χ3v) is 7.43. The molecule has 2 fully saturated rings. The molecule has 0 aliphatic carbocycles. The molecule has 9 heteroatoms. The molecule has 4 heterocycles. The van der Waals surface area contributed by atoms with Crippen molar-refractivity contribution in [3.63, 3.8) is 0 Å². The summed E-state index contributed by atoms with van der Waals surface area (Å²) in [5, 5.41) is 0.482. The molecule has 186 valence electrons. The lowest BCUT2D eigenvalue weighted by atomic mass is 9.98. The first-order valence-electron chi connectivity index (χ1n) is 12.3. The molecule has 3 aliphatic rings. The largest absolute Gasteiger partial charge is 0.489 e. The molecule has 0 saturated carbocycles. The number of hydrogen-bond acceptors (Lipinski definition) is 5. The lowest BCUT2D eigenvalue weighted by Crippen LogP contribution is -2.47. The number of aromatic amines is 1. The number of benzene rings is 1. The predicted molar refractivity (Wildman–Crippen MR) is 131 cm³/mol. The Labute approximate surface area is 210 Å². The molecule has 3 atom stereocenters. The minimum absolute atomic E-state index is 0.0329. The first-order valence-corrected chi connectivity index (χ1v) is 12.7. The Morgan fingerprint density at radius 1 is 1.29 bits per heavy atom. The van der Waals surface area contributed by atoms with Gasteiger partial charge in [0.2, 0.25) is 0 Å². The van der Waals surface area contributed by atoms with Crippen molar-refractivity contribution < 1.29 is 18.9 Å². The normalized spacial score (nSPS) is 24.5. The maximum absolute atomic E-state index is 14.2. The van der Waals surface area contributed by atoms with E-state index in [0.717, 1.165) is 25.0 Å². The fourth-order valence-corrected chi connectivity index (χ4v) is 5.79. The fraction of sp³-hybridized carbons (Fsp3) is 0.500. The number of aromatic nitrogens is 2. The van der Waals surface area contributed by atoms with E-state index in [4.69, 9.17) is 22.1 Å². The summed E-state index contributed by atoms with van der Waals surface area (Å²) in [7, 11) is 0. The van der Waals surface area contributed by atoms with Gasteiger partial charge in [-0.15, -0.1) is 0 Å². The third kappa shape index (κ3) is 5.00. The van der Waals surface area contributed by atoms with E-state index in [1.165, 1.54) is 37.2 Å². The summed E-state index contributed by atoms with van der Waals surface area (Å²) in [5.41, 5.74) is 7.90. The van der Waals surface area contributed by atoms with E-state index in [9.17, 15) is 9.18 Å². The number of ether oxygens (including phenoxy) is 1. The van der Waals surface area contributed by atoms with Gasteiger partial charge in [0.05, 0.1) is 24.2 Å². The maximum atomic E-state index is 14.2. The molecular formula is C26H32ClFN5O2+. The molecule has 0 spiro atoms. The van der Waals surface area contributed by atoms with E-state index in [1.807, 2.05) is 0 Å². The van der Waals surface area contributed by atoms with Crippen LogP contribution >= 0.6 is 11.6 Å². The van der Waals surface area contributed by atoms with Crippen LogP contribution < -0.4 is 15.5 Å². The molecule has 7 nitrogen and oxygen atoms in total. The molecule has 5 rings (SSSR count). The fourth-order valence-electron chi connectivity index (χ4n) is 5.68. The first kappa shape index (κ1) is 24.0. The summed E-state index contributed by atoms with van der Waals surface area (Å²) in [6.07, 6.45) is 7.26. The average Bonchev–Trinajstić information content (AvgIpc) is 3.29. The highest BCUT2D eigenvalue weighted by Crippen LogP contribution is 2.38. The van der Waals surface area contributed by atoms with Crippen LogP contribution in [0.25, 0.3) is 5.57 Å². The quantitative estimate of drug-likeness (QED) is 0.655. The van der Waals surface area contributed by atoms with Gasteiger partial charge in [0.15, 0.2) is 6.20 Å². The molecule has 0 radical (unpaired) electrons. The second-order valence-corrected chi connectivity index (χ2v) is 10.7. The topological polar surface area (TPSA) is 85.8 Å². The summed E-state index contributed by atoms with van der Waals surface area (Å²) in [5.74, 6) is 0.833. The van der Waals surface area contributed by atoms with Crippen molar-refractivity contribution >= 4 is 23.1 Å². The van der Waals surface area contributed by atoms with E-state index in [0.29, 0.717) is 52.4 Å². The highest BCUT2D eigenvalue weighted by Gasteiger charge is 2.42. The average molecular weight is 501 g/mol. The van der Waals surface area contributed by atoms with Gasteiger partial charge in [0.1, 0.15) is 28.9 Å². The van der Waals surface area contributed by atoms with Crippen LogP contribution in [0.2, 0.25) is 5.02 Å². The van der Waals surface area contributed by atoms with Crippen LogP contribution in [0.1, 0.15) is 55.7 Å².